The average Bonchev–Trinajstić information content (AvgIpc) is 3.30. The Hall–Kier alpha value is -4.83. The van der Waals surface area contributed by atoms with Crippen molar-refractivity contribution in [2.24, 2.45) is 0 Å². The minimum absolute atomic E-state index is 0.155. The van der Waals surface area contributed by atoms with Gasteiger partial charge in [0, 0.05) is 35.7 Å². The SMILES string of the molecule is CC(=O)Nc1cccc(Oc2cccc(Oc3ncnc4scc(-c5ccc(F)cc5)c34)c2)c1.O=CO. The van der Waals surface area contributed by atoms with Crippen LogP contribution in [-0.4, -0.2) is 27.5 Å². The Balaban J connectivity index is 0.00000102. The maximum atomic E-state index is 13.4. The molecule has 8 nitrogen and oxygen atoms in total. The quantitative estimate of drug-likeness (QED) is 0.240. The third-order valence-corrected chi connectivity index (χ3v) is 5.79. The average molecular weight is 518 g/mol. The molecule has 0 bridgehead atoms. The first-order valence-electron chi connectivity index (χ1n) is 10.9. The topological polar surface area (TPSA) is 111 Å². The highest BCUT2D eigenvalue weighted by atomic mass is 32.1. The van der Waals surface area contributed by atoms with E-state index in [0.29, 0.717) is 28.8 Å². The van der Waals surface area contributed by atoms with Gasteiger partial charge in [-0.3, -0.25) is 9.59 Å². The van der Waals surface area contributed by atoms with Gasteiger partial charge < -0.3 is 19.9 Å². The Kier molecular flexibility index (Phi) is 8.01. The van der Waals surface area contributed by atoms with Crippen LogP contribution < -0.4 is 14.8 Å². The smallest absolute Gasteiger partial charge is 0.290 e. The van der Waals surface area contributed by atoms with Crippen molar-refractivity contribution in [3.05, 3.63) is 90.3 Å². The number of aromatic nitrogens is 2. The molecular formula is C27H20FN3O5S. The van der Waals surface area contributed by atoms with E-state index < -0.39 is 0 Å². The summed E-state index contributed by atoms with van der Waals surface area (Å²) in [5.41, 5.74) is 2.37. The van der Waals surface area contributed by atoms with E-state index in [2.05, 4.69) is 15.3 Å². The fraction of sp³-hybridized carbons (Fsp3) is 0.0370. The van der Waals surface area contributed by atoms with E-state index in [4.69, 9.17) is 19.4 Å². The number of carbonyl (C=O) groups is 2. The van der Waals surface area contributed by atoms with Gasteiger partial charge in [-0.05, 0) is 42.0 Å². The van der Waals surface area contributed by atoms with Crippen LogP contribution in [0.3, 0.4) is 0 Å². The molecule has 0 atom stereocenters. The summed E-state index contributed by atoms with van der Waals surface area (Å²) < 4.78 is 25.5. The third kappa shape index (κ3) is 6.44. The van der Waals surface area contributed by atoms with Crippen LogP contribution >= 0.6 is 11.3 Å². The molecule has 0 saturated carbocycles. The summed E-state index contributed by atoms with van der Waals surface area (Å²) in [4.78, 5) is 29.1. The molecule has 0 aliphatic rings. The fourth-order valence-corrected chi connectivity index (χ4v) is 4.36. The number of anilines is 1. The first-order valence-corrected chi connectivity index (χ1v) is 11.7. The predicted octanol–water partition coefficient (Wildman–Crippen LogP) is 6.74. The van der Waals surface area contributed by atoms with Gasteiger partial charge in [0.25, 0.3) is 6.47 Å². The lowest BCUT2D eigenvalue weighted by atomic mass is 10.1. The van der Waals surface area contributed by atoms with Crippen molar-refractivity contribution >= 4 is 39.6 Å². The van der Waals surface area contributed by atoms with Gasteiger partial charge in [0.2, 0.25) is 11.8 Å². The van der Waals surface area contributed by atoms with Crippen molar-refractivity contribution in [2.45, 2.75) is 6.92 Å². The predicted molar refractivity (Wildman–Crippen MR) is 139 cm³/mol. The molecule has 0 spiro atoms. The molecule has 2 aromatic heterocycles. The summed E-state index contributed by atoms with van der Waals surface area (Å²) in [5, 5.41) is 12.3. The van der Waals surface area contributed by atoms with Crippen molar-refractivity contribution in [3.63, 3.8) is 0 Å². The van der Waals surface area contributed by atoms with Crippen LogP contribution in [0.25, 0.3) is 21.3 Å². The van der Waals surface area contributed by atoms with Gasteiger partial charge in [-0.1, -0.05) is 24.3 Å². The Morgan fingerprint density at radius 2 is 1.62 bits per heavy atom. The van der Waals surface area contributed by atoms with Crippen LogP contribution in [-0.2, 0) is 9.59 Å². The van der Waals surface area contributed by atoms with E-state index >= 15 is 0 Å². The van der Waals surface area contributed by atoms with Gasteiger partial charge in [0.05, 0.1) is 5.39 Å². The highest BCUT2D eigenvalue weighted by Crippen LogP contribution is 2.39. The summed E-state index contributed by atoms with van der Waals surface area (Å²) in [6.45, 7) is 1.20. The van der Waals surface area contributed by atoms with Crippen molar-refractivity contribution < 1.29 is 28.6 Å². The van der Waals surface area contributed by atoms with Crippen molar-refractivity contribution in [2.75, 3.05) is 5.32 Å². The first-order chi connectivity index (χ1) is 18.0. The number of carbonyl (C=O) groups excluding carboxylic acids is 1. The van der Waals surface area contributed by atoms with Crippen LogP contribution in [0.15, 0.2) is 84.5 Å². The molecule has 0 aliphatic carbocycles. The molecule has 2 N–H and O–H groups in total. The standard InChI is InChI=1S/C26H18FN3O3S.CH2O2/c1-16(31)30-19-4-2-5-20(12-19)32-21-6-3-7-22(13-21)33-25-24-23(14-34-26(24)29-15-28-25)17-8-10-18(27)11-9-17;2-1-3/h2-15H,1H3,(H,30,31);1H,(H,2,3). The Morgan fingerprint density at radius 1 is 0.973 bits per heavy atom. The zero-order valence-electron chi connectivity index (χ0n) is 19.4. The van der Waals surface area contributed by atoms with Crippen LogP contribution in [0, 0.1) is 5.82 Å². The van der Waals surface area contributed by atoms with Crippen molar-refractivity contribution in [1.82, 2.24) is 9.97 Å². The molecule has 37 heavy (non-hydrogen) atoms. The van der Waals surface area contributed by atoms with E-state index in [0.717, 1.165) is 21.3 Å². The second kappa shape index (κ2) is 11.7. The minimum atomic E-state index is -0.296. The van der Waals surface area contributed by atoms with Crippen molar-refractivity contribution in [3.8, 4) is 34.3 Å². The maximum Gasteiger partial charge on any atom is 0.290 e. The lowest BCUT2D eigenvalue weighted by Gasteiger charge is -2.11. The lowest BCUT2D eigenvalue weighted by Crippen LogP contribution is -2.05. The fourth-order valence-electron chi connectivity index (χ4n) is 3.46. The number of thiophene rings is 1. The second-order valence-electron chi connectivity index (χ2n) is 7.51. The van der Waals surface area contributed by atoms with E-state index in [-0.39, 0.29) is 18.2 Å². The number of hydrogen-bond donors (Lipinski definition) is 2. The van der Waals surface area contributed by atoms with E-state index in [9.17, 15) is 9.18 Å². The number of halogens is 1. The largest absolute Gasteiger partial charge is 0.483 e. The summed E-state index contributed by atoms with van der Waals surface area (Å²) in [7, 11) is 0. The second-order valence-corrected chi connectivity index (χ2v) is 8.37. The number of fused-ring (bicyclic) bond motifs is 1. The van der Waals surface area contributed by atoms with Gasteiger partial charge in [-0.2, -0.15) is 0 Å². The van der Waals surface area contributed by atoms with Crippen LogP contribution in [0.2, 0.25) is 0 Å². The van der Waals surface area contributed by atoms with Crippen LogP contribution in [0.5, 0.6) is 23.1 Å². The zero-order chi connectivity index (χ0) is 26.2. The minimum Gasteiger partial charge on any atom is -0.483 e. The van der Waals surface area contributed by atoms with Gasteiger partial charge >= 0.3 is 0 Å². The Labute approximate surface area is 215 Å². The number of nitrogens with one attached hydrogen (secondary N) is 1. The van der Waals surface area contributed by atoms with Gasteiger partial charge in [-0.15, -0.1) is 11.3 Å². The molecule has 3 aromatic carbocycles. The number of carboxylic acid groups (broad SMARTS) is 1. The van der Waals surface area contributed by atoms with Crippen LogP contribution in [0.4, 0.5) is 10.1 Å². The van der Waals surface area contributed by atoms with Crippen LogP contribution in [0.1, 0.15) is 6.92 Å². The summed E-state index contributed by atoms with van der Waals surface area (Å²) in [5.74, 6) is 1.62. The molecule has 5 rings (SSSR count). The number of amides is 1. The lowest BCUT2D eigenvalue weighted by molar-refractivity contribution is -0.123. The molecule has 0 saturated heterocycles. The molecule has 0 fully saturated rings. The summed E-state index contributed by atoms with van der Waals surface area (Å²) >= 11 is 1.47. The van der Waals surface area contributed by atoms with E-state index in [1.165, 1.54) is 36.7 Å². The summed E-state index contributed by atoms with van der Waals surface area (Å²) in [6, 6.07) is 20.6. The summed E-state index contributed by atoms with van der Waals surface area (Å²) in [6.07, 6.45) is 1.45. The molecule has 1 amide bonds. The molecule has 10 heteroatoms. The van der Waals surface area contributed by atoms with Gasteiger partial charge in [0.1, 0.15) is 34.2 Å². The number of nitrogens with zero attached hydrogens (tertiary/aromatic N) is 2. The van der Waals surface area contributed by atoms with Gasteiger partial charge in [0.15, 0.2) is 0 Å². The molecule has 186 valence electrons. The van der Waals surface area contributed by atoms with E-state index in [1.807, 2.05) is 17.5 Å². The monoisotopic (exact) mass is 517 g/mol. The Morgan fingerprint density at radius 3 is 2.32 bits per heavy atom. The number of ether oxygens (including phenoxy) is 2. The highest BCUT2D eigenvalue weighted by Gasteiger charge is 2.15. The molecule has 2 heterocycles. The molecule has 0 radical (unpaired) electrons. The highest BCUT2D eigenvalue weighted by molar-refractivity contribution is 7.17. The van der Waals surface area contributed by atoms with Gasteiger partial charge in [-0.25, -0.2) is 14.4 Å². The molecule has 5 aromatic rings. The number of hydrogen-bond acceptors (Lipinski definition) is 7. The Bertz CT molecular complexity index is 1540. The normalized spacial score (nSPS) is 10.2. The third-order valence-electron chi connectivity index (χ3n) is 4.90. The molecule has 0 aliphatic heterocycles. The molecule has 0 unspecified atom stereocenters. The zero-order valence-corrected chi connectivity index (χ0v) is 20.2. The van der Waals surface area contributed by atoms with E-state index in [1.54, 1.807) is 48.5 Å². The van der Waals surface area contributed by atoms with Crippen molar-refractivity contribution in [1.29, 1.82) is 0 Å². The number of rotatable bonds is 6. The number of benzene rings is 3. The molecular weight excluding hydrogens is 497 g/mol. The maximum absolute atomic E-state index is 13.4. The first kappa shape index (κ1) is 25.3.